The van der Waals surface area contributed by atoms with Crippen molar-refractivity contribution in [1.29, 1.82) is 0 Å². The molecule has 0 amide bonds. The van der Waals surface area contributed by atoms with Crippen molar-refractivity contribution >= 4 is 11.9 Å². The zero-order chi connectivity index (χ0) is 35.0. The zero-order valence-electron chi connectivity index (χ0n) is 32.6. The first kappa shape index (κ1) is 46.7. The van der Waals surface area contributed by atoms with Crippen molar-refractivity contribution in [2.24, 2.45) is 0 Å². The fourth-order valence-electron chi connectivity index (χ4n) is 6.75. The number of rotatable bonds is 40. The Hall–Kier alpha value is -1.32. The summed E-state index contributed by atoms with van der Waals surface area (Å²) >= 11 is 0. The number of carboxylic acids is 1. The highest BCUT2D eigenvalue weighted by molar-refractivity contribution is 5.69. The molecular formula is C44H84O4. The van der Waals surface area contributed by atoms with Crippen LogP contribution in [0.4, 0.5) is 0 Å². The summed E-state index contributed by atoms with van der Waals surface area (Å²) in [7, 11) is 0. The quantitative estimate of drug-likeness (QED) is 0.0398. The van der Waals surface area contributed by atoms with Crippen molar-refractivity contribution in [2.45, 2.75) is 258 Å². The van der Waals surface area contributed by atoms with E-state index >= 15 is 0 Å². The second kappa shape index (κ2) is 40.1. The van der Waals surface area contributed by atoms with E-state index < -0.39 is 5.97 Å². The predicted molar refractivity (Wildman–Crippen MR) is 209 cm³/mol. The topological polar surface area (TPSA) is 63.6 Å². The minimum atomic E-state index is -0.659. The molecule has 0 spiro atoms. The Labute approximate surface area is 300 Å². The maximum absolute atomic E-state index is 12.2. The van der Waals surface area contributed by atoms with Gasteiger partial charge in [0.2, 0.25) is 0 Å². The minimum Gasteiger partial charge on any atom is -0.481 e. The number of hydrogen-bond donors (Lipinski definition) is 1. The van der Waals surface area contributed by atoms with E-state index in [4.69, 9.17) is 9.84 Å². The molecule has 0 aliphatic carbocycles. The van der Waals surface area contributed by atoms with E-state index in [9.17, 15) is 9.59 Å². The molecule has 0 heterocycles. The molecule has 0 radical (unpaired) electrons. The molecule has 0 saturated heterocycles. The summed E-state index contributed by atoms with van der Waals surface area (Å²) in [4.78, 5) is 22.7. The van der Waals surface area contributed by atoms with Crippen LogP contribution in [0.2, 0.25) is 0 Å². The number of esters is 1. The first-order valence-electron chi connectivity index (χ1n) is 21.6. The van der Waals surface area contributed by atoms with E-state index in [0.29, 0.717) is 12.8 Å². The third-order valence-corrected chi connectivity index (χ3v) is 9.98. The Morgan fingerprint density at radius 3 is 1.15 bits per heavy atom. The van der Waals surface area contributed by atoms with E-state index in [2.05, 4.69) is 26.0 Å². The number of carbonyl (C=O) groups excluding carboxylic acids is 1. The third kappa shape index (κ3) is 40.9. The Bertz CT molecular complexity index is 687. The lowest BCUT2D eigenvalue weighted by Crippen LogP contribution is -2.14. The van der Waals surface area contributed by atoms with Crippen molar-refractivity contribution < 1.29 is 19.4 Å². The first-order chi connectivity index (χ1) is 23.6. The second-order valence-corrected chi connectivity index (χ2v) is 15.0. The van der Waals surface area contributed by atoms with Crippen LogP contribution in [0.3, 0.4) is 0 Å². The fraction of sp³-hybridized carbons (Fsp3) is 0.909. The van der Waals surface area contributed by atoms with Crippen LogP contribution in [0.25, 0.3) is 0 Å². The summed E-state index contributed by atoms with van der Waals surface area (Å²) in [6.07, 6.45) is 51.0. The maximum Gasteiger partial charge on any atom is 0.306 e. The van der Waals surface area contributed by atoms with Crippen LogP contribution in [0.15, 0.2) is 12.2 Å². The molecule has 0 fully saturated rings. The van der Waals surface area contributed by atoms with Gasteiger partial charge in [-0.15, -0.1) is 0 Å². The third-order valence-electron chi connectivity index (χ3n) is 9.98. The monoisotopic (exact) mass is 677 g/mol. The van der Waals surface area contributed by atoms with Gasteiger partial charge in [-0.25, -0.2) is 0 Å². The summed E-state index contributed by atoms with van der Waals surface area (Å²) < 4.78 is 5.67. The van der Waals surface area contributed by atoms with Crippen LogP contribution >= 0.6 is 0 Å². The van der Waals surface area contributed by atoms with Crippen LogP contribution in [-0.2, 0) is 14.3 Å². The van der Waals surface area contributed by atoms with Gasteiger partial charge >= 0.3 is 11.9 Å². The molecule has 1 unspecified atom stereocenters. The fourth-order valence-corrected chi connectivity index (χ4v) is 6.75. The lowest BCUT2D eigenvalue weighted by Gasteiger charge is -2.13. The molecule has 4 heteroatoms. The number of allylic oxidation sites excluding steroid dienone is 2. The lowest BCUT2D eigenvalue weighted by molar-refractivity contribution is -0.148. The Kier molecular flexibility index (Phi) is 39.0. The molecule has 0 aliphatic heterocycles. The number of unbranched alkanes of at least 4 members (excludes halogenated alkanes) is 31. The highest BCUT2D eigenvalue weighted by Crippen LogP contribution is 2.17. The molecule has 0 rings (SSSR count). The molecule has 48 heavy (non-hydrogen) atoms. The zero-order valence-corrected chi connectivity index (χ0v) is 32.6. The van der Waals surface area contributed by atoms with Crippen LogP contribution in [0.5, 0.6) is 0 Å². The Morgan fingerprint density at radius 2 is 0.771 bits per heavy atom. The Morgan fingerprint density at radius 1 is 0.458 bits per heavy atom. The molecule has 4 nitrogen and oxygen atoms in total. The number of carboxylic acid groups (broad SMARTS) is 1. The highest BCUT2D eigenvalue weighted by Gasteiger charge is 2.09. The summed E-state index contributed by atoms with van der Waals surface area (Å²) in [5.41, 5.74) is 0. The molecule has 0 bridgehead atoms. The molecule has 0 aromatic carbocycles. The standard InChI is InChI=1S/C44H84O4/c1-3-4-5-6-7-8-9-10-11-15-20-23-26-29-32-35-38-41-44(47)48-42(2)39-36-33-30-27-24-21-18-16-13-12-14-17-19-22-25-28-31-34-37-40-43(45)46/h10-11,42H,3-9,12-41H2,1-2H3,(H,45,46)/b11-10-. The summed E-state index contributed by atoms with van der Waals surface area (Å²) in [6, 6.07) is 0. The van der Waals surface area contributed by atoms with Crippen molar-refractivity contribution in [1.82, 2.24) is 0 Å². The highest BCUT2D eigenvalue weighted by atomic mass is 16.5. The maximum atomic E-state index is 12.2. The SMILES string of the molecule is CCCCCCCC/C=C\CCCCCCCCCC(=O)OC(C)CCCCCCCCCCCCCCCCCCCCCC(=O)O. The van der Waals surface area contributed by atoms with E-state index in [0.717, 1.165) is 32.1 Å². The van der Waals surface area contributed by atoms with Crippen molar-refractivity contribution in [3.63, 3.8) is 0 Å². The number of hydrogen-bond acceptors (Lipinski definition) is 3. The number of ether oxygens (including phenoxy) is 1. The van der Waals surface area contributed by atoms with Gasteiger partial charge in [0, 0.05) is 12.8 Å². The summed E-state index contributed by atoms with van der Waals surface area (Å²) in [6.45, 7) is 4.35. The molecule has 0 aromatic rings. The molecule has 0 saturated carbocycles. The van der Waals surface area contributed by atoms with Crippen LogP contribution < -0.4 is 0 Å². The van der Waals surface area contributed by atoms with E-state index in [1.807, 2.05) is 0 Å². The largest absolute Gasteiger partial charge is 0.481 e. The van der Waals surface area contributed by atoms with Crippen LogP contribution in [0, 0.1) is 0 Å². The number of carbonyl (C=O) groups is 2. The van der Waals surface area contributed by atoms with Gasteiger partial charge in [-0.2, -0.15) is 0 Å². The molecule has 1 atom stereocenters. The smallest absolute Gasteiger partial charge is 0.306 e. The predicted octanol–water partition coefficient (Wildman–Crippen LogP) is 15.0. The van der Waals surface area contributed by atoms with Crippen molar-refractivity contribution in [2.75, 3.05) is 0 Å². The molecule has 1 N–H and O–H groups in total. The minimum absolute atomic E-state index is 0.00791. The van der Waals surface area contributed by atoms with Gasteiger partial charge in [-0.3, -0.25) is 9.59 Å². The van der Waals surface area contributed by atoms with E-state index in [-0.39, 0.29) is 12.1 Å². The average molecular weight is 677 g/mol. The van der Waals surface area contributed by atoms with Crippen molar-refractivity contribution in [3.05, 3.63) is 12.2 Å². The van der Waals surface area contributed by atoms with Gasteiger partial charge in [-0.05, 0) is 58.3 Å². The van der Waals surface area contributed by atoms with Gasteiger partial charge in [0.25, 0.3) is 0 Å². The second-order valence-electron chi connectivity index (χ2n) is 15.0. The van der Waals surface area contributed by atoms with Gasteiger partial charge in [0.1, 0.15) is 0 Å². The summed E-state index contributed by atoms with van der Waals surface area (Å²) in [5.74, 6) is -0.651. The van der Waals surface area contributed by atoms with E-state index in [1.54, 1.807) is 0 Å². The molecule has 0 aromatic heterocycles. The summed E-state index contributed by atoms with van der Waals surface area (Å²) in [5, 5.41) is 8.65. The number of aliphatic carboxylic acids is 1. The van der Waals surface area contributed by atoms with Gasteiger partial charge in [0.15, 0.2) is 0 Å². The Balaban J connectivity index is 3.28. The normalized spacial score (nSPS) is 12.2. The van der Waals surface area contributed by atoms with Crippen LogP contribution in [-0.4, -0.2) is 23.1 Å². The van der Waals surface area contributed by atoms with Gasteiger partial charge in [-0.1, -0.05) is 192 Å². The average Bonchev–Trinajstić information content (AvgIpc) is 3.06. The molecule has 284 valence electrons. The van der Waals surface area contributed by atoms with Crippen molar-refractivity contribution in [3.8, 4) is 0 Å². The van der Waals surface area contributed by atoms with Gasteiger partial charge in [0.05, 0.1) is 6.10 Å². The van der Waals surface area contributed by atoms with E-state index in [1.165, 1.54) is 193 Å². The lowest BCUT2D eigenvalue weighted by atomic mass is 10.0. The molecule has 0 aliphatic rings. The first-order valence-corrected chi connectivity index (χ1v) is 21.6. The van der Waals surface area contributed by atoms with Crippen LogP contribution in [0.1, 0.15) is 251 Å². The molecular weight excluding hydrogens is 592 g/mol. The van der Waals surface area contributed by atoms with Gasteiger partial charge < -0.3 is 9.84 Å².